The number of hydrogen-bond acceptors (Lipinski definition) is 5. The highest BCUT2D eigenvalue weighted by atomic mass is 32.2. The molecule has 0 aliphatic rings. The van der Waals surface area contributed by atoms with Crippen molar-refractivity contribution in [2.24, 2.45) is 0 Å². The molecule has 25 heavy (non-hydrogen) atoms. The molecular weight excluding hydrogens is 334 g/mol. The molecule has 2 heterocycles. The number of pyridine rings is 1. The Morgan fingerprint density at radius 2 is 1.88 bits per heavy atom. The molecule has 0 aliphatic carbocycles. The van der Waals surface area contributed by atoms with E-state index in [2.05, 4.69) is 32.6 Å². The molecule has 0 atom stereocenters. The molecule has 2 aromatic heterocycles. The number of amides is 1. The van der Waals surface area contributed by atoms with Crippen molar-refractivity contribution in [2.45, 2.75) is 18.6 Å². The van der Waals surface area contributed by atoms with Gasteiger partial charge in [0.2, 0.25) is 5.91 Å². The minimum Gasteiger partial charge on any atom is -0.356 e. The Kier molecular flexibility index (Phi) is 5.79. The molecule has 0 spiro atoms. The van der Waals surface area contributed by atoms with Crippen LogP contribution in [0.2, 0.25) is 0 Å². The smallest absolute Gasteiger partial charge is 0.230 e. The number of rotatable bonds is 7. The van der Waals surface area contributed by atoms with Crippen LogP contribution in [0, 0.1) is 0 Å². The number of carbonyl (C=O) groups excluding carboxylic acids is 1. The summed E-state index contributed by atoms with van der Waals surface area (Å²) in [5.74, 6) is 1.08. The van der Waals surface area contributed by atoms with Gasteiger partial charge in [-0.25, -0.2) is 0 Å². The molecule has 1 N–H and O–H groups in total. The van der Waals surface area contributed by atoms with Gasteiger partial charge in [0, 0.05) is 24.5 Å². The third-order valence-corrected chi connectivity index (χ3v) is 4.51. The van der Waals surface area contributed by atoms with Crippen molar-refractivity contribution in [3.63, 3.8) is 0 Å². The van der Waals surface area contributed by atoms with Crippen LogP contribution in [-0.2, 0) is 11.3 Å². The average molecular weight is 353 g/mol. The monoisotopic (exact) mass is 353 g/mol. The van der Waals surface area contributed by atoms with Crippen LogP contribution >= 0.6 is 11.8 Å². The molecule has 7 heteroatoms. The van der Waals surface area contributed by atoms with Gasteiger partial charge >= 0.3 is 0 Å². The van der Waals surface area contributed by atoms with Crippen molar-refractivity contribution < 1.29 is 4.79 Å². The van der Waals surface area contributed by atoms with Crippen LogP contribution in [0.5, 0.6) is 0 Å². The molecule has 0 radical (unpaired) electrons. The van der Waals surface area contributed by atoms with Gasteiger partial charge in [0.05, 0.1) is 12.3 Å². The fourth-order valence-corrected chi connectivity index (χ4v) is 3.16. The number of thioether (sulfide) groups is 1. The molecule has 0 aliphatic heterocycles. The summed E-state index contributed by atoms with van der Waals surface area (Å²) < 4.78 is 2.04. The Morgan fingerprint density at radius 3 is 2.60 bits per heavy atom. The molecular formula is C18H19N5OS. The summed E-state index contributed by atoms with van der Waals surface area (Å²) in [6.07, 6.45) is 3.47. The molecule has 0 saturated carbocycles. The molecule has 0 unspecified atom stereocenters. The summed E-state index contributed by atoms with van der Waals surface area (Å²) in [6.45, 7) is 3.17. The van der Waals surface area contributed by atoms with Crippen molar-refractivity contribution in [3.8, 4) is 11.4 Å². The van der Waals surface area contributed by atoms with Gasteiger partial charge in [-0.15, -0.1) is 10.2 Å². The van der Waals surface area contributed by atoms with E-state index in [-0.39, 0.29) is 5.91 Å². The molecule has 1 amide bonds. The maximum atomic E-state index is 11.8. The van der Waals surface area contributed by atoms with Crippen molar-refractivity contribution in [2.75, 3.05) is 12.3 Å². The minimum atomic E-state index is -0.00720. The van der Waals surface area contributed by atoms with Gasteiger partial charge in [-0.05, 0) is 24.6 Å². The van der Waals surface area contributed by atoms with E-state index < -0.39 is 0 Å². The third kappa shape index (κ3) is 4.45. The van der Waals surface area contributed by atoms with Crippen LogP contribution in [0.3, 0.4) is 0 Å². The quantitative estimate of drug-likeness (QED) is 0.661. The van der Waals surface area contributed by atoms with E-state index in [4.69, 9.17) is 0 Å². The number of aromatic nitrogens is 4. The Hall–Kier alpha value is -2.67. The van der Waals surface area contributed by atoms with Crippen LogP contribution in [-0.4, -0.2) is 38.0 Å². The number of nitrogens with zero attached hydrogens (tertiary/aromatic N) is 4. The molecule has 0 saturated heterocycles. The minimum absolute atomic E-state index is 0.00720. The first kappa shape index (κ1) is 17.2. The Labute approximate surface area is 150 Å². The van der Waals surface area contributed by atoms with E-state index >= 15 is 0 Å². The van der Waals surface area contributed by atoms with Gasteiger partial charge in [-0.2, -0.15) is 0 Å². The van der Waals surface area contributed by atoms with E-state index in [1.807, 2.05) is 41.8 Å². The first-order chi connectivity index (χ1) is 12.3. The summed E-state index contributed by atoms with van der Waals surface area (Å²) in [5.41, 5.74) is 2.10. The predicted octanol–water partition coefficient (Wildman–Crippen LogP) is 2.62. The fourth-order valence-electron chi connectivity index (χ4n) is 2.40. The van der Waals surface area contributed by atoms with E-state index in [0.29, 0.717) is 18.8 Å². The lowest BCUT2D eigenvalue weighted by Crippen LogP contribution is -2.24. The molecule has 0 bridgehead atoms. The van der Waals surface area contributed by atoms with Gasteiger partial charge in [0.15, 0.2) is 11.0 Å². The van der Waals surface area contributed by atoms with E-state index in [1.165, 1.54) is 11.8 Å². The van der Waals surface area contributed by atoms with Crippen LogP contribution in [0.1, 0.15) is 12.5 Å². The summed E-state index contributed by atoms with van der Waals surface area (Å²) in [7, 11) is 0. The van der Waals surface area contributed by atoms with E-state index in [1.54, 1.807) is 12.4 Å². The predicted molar refractivity (Wildman–Crippen MR) is 98.2 cm³/mol. The van der Waals surface area contributed by atoms with E-state index in [0.717, 1.165) is 22.1 Å². The number of benzene rings is 1. The van der Waals surface area contributed by atoms with Gasteiger partial charge in [-0.1, -0.05) is 42.1 Å². The van der Waals surface area contributed by atoms with E-state index in [9.17, 15) is 4.79 Å². The zero-order valence-corrected chi connectivity index (χ0v) is 14.7. The van der Waals surface area contributed by atoms with Crippen molar-refractivity contribution in [1.29, 1.82) is 0 Å². The van der Waals surface area contributed by atoms with Crippen LogP contribution in [0.4, 0.5) is 0 Å². The van der Waals surface area contributed by atoms with Crippen LogP contribution in [0.15, 0.2) is 60.0 Å². The van der Waals surface area contributed by atoms with Crippen molar-refractivity contribution in [1.82, 2.24) is 25.1 Å². The maximum Gasteiger partial charge on any atom is 0.230 e. The Bertz CT molecular complexity index is 820. The second-order valence-electron chi connectivity index (χ2n) is 5.36. The summed E-state index contributed by atoms with van der Waals surface area (Å²) in [5, 5.41) is 12.2. The Morgan fingerprint density at radius 1 is 1.12 bits per heavy atom. The number of carbonyl (C=O) groups is 1. The first-order valence-electron chi connectivity index (χ1n) is 8.05. The van der Waals surface area contributed by atoms with Crippen molar-refractivity contribution >= 4 is 17.7 Å². The fraction of sp³-hybridized carbons (Fsp3) is 0.222. The van der Waals surface area contributed by atoms with Gasteiger partial charge in [0.1, 0.15) is 0 Å². The number of nitrogens with one attached hydrogen (secondary N) is 1. The average Bonchev–Trinajstić information content (AvgIpc) is 3.04. The SMILES string of the molecule is CCNC(=O)CSc1nnc(-c2ccncc2)n1Cc1ccccc1. The lowest BCUT2D eigenvalue weighted by molar-refractivity contribution is -0.118. The van der Waals surface area contributed by atoms with Crippen LogP contribution < -0.4 is 5.32 Å². The first-order valence-corrected chi connectivity index (χ1v) is 9.03. The normalized spacial score (nSPS) is 10.6. The zero-order valence-electron chi connectivity index (χ0n) is 13.9. The Balaban J connectivity index is 1.89. The van der Waals surface area contributed by atoms with Gasteiger partial charge in [0.25, 0.3) is 0 Å². The summed E-state index contributed by atoms with van der Waals surface area (Å²) in [4.78, 5) is 15.8. The molecule has 1 aromatic carbocycles. The molecule has 6 nitrogen and oxygen atoms in total. The highest BCUT2D eigenvalue weighted by Crippen LogP contribution is 2.24. The molecule has 0 fully saturated rings. The lowest BCUT2D eigenvalue weighted by atomic mass is 10.2. The largest absolute Gasteiger partial charge is 0.356 e. The molecule has 3 aromatic rings. The second kappa shape index (κ2) is 8.43. The van der Waals surface area contributed by atoms with Crippen molar-refractivity contribution in [3.05, 3.63) is 60.4 Å². The summed E-state index contributed by atoms with van der Waals surface area (Å²) in [6, 6.07) is 13.9. The van der Waals surface area contributed by atoms with Crippen LogP contribution in [0.25, 0.3) is 11.4 Å². The lowest BCUT2D eigenvalue weighted by Gasteiger charge is -2.10. The van der Waals surface area contributed by atoms with Gasteiger partial charge < -0.3 is 5.32 Å². The summed E-state index contributed by atoms with van der Waals surface area (Å²) >= 11 is 1.39. The third-order valence-electron chi connectivity index (χ3n) is 3.55. The van der Waals surface area contributed by atoms with Gasteiger partial charge in [-0.3, -0.25) is 14.3 Å². The maximum absolute atomic E-state index is 11.8. The second-order valence-corrected chi connectivity index (χ2v) is 6.30. The topological polar surface area (TPSA) is 72.7 Å². The number of hydrogen-bond donors (Lipinski definition) is 1. The standard InChI is InChI=1S/C18H19N5OS/c1-2-20-16(24)13-25-18-22-21-17(15-8-10-19-11-9-15)23(18)12-14-6-4-3-5-7-14/h3-11H,2,12-13H2,1H3,(H,20,24). The highest BCUT2D eigenvalue weighted by molar-refractivity contribution is 7.99. The molecule has 3 rings (SSSR count). The molecule has 128 valence electrons. The zero-order chi connectivity index (χ0) is 17.5. The highest BCUT2D eigenvalue weighted by Gasteiger charge is 2.15.